The summed E-state index contributed by atoms with van der Waals surface area (Å²) in [6.07, 6.45) is 3.31. The summed E-state index contributed by atoms with van der Waals surface area (Å²) >= 11 is 0. The summed E-state index contributed by atoms with van der Waals surface area (Å²) < 4.78 is 1.63. The van der Waals surface area contributed by atoms with Gasteiger partial charge in [0.1, 0.15) is 12.2 Å². The first-order valence-corrected chi connectivity index (χ1v) is 10.2. The summed E-state index contributed by atoms with van der Waals surface area (Å²) in [7, 11) is 0. The first-order chi connectivity index (χ1) is 13.2. The molecule has 6 heteroatoms. The molecule has 1 aromatic heterocycles. The number of hydrogen-bond acceptors (Lipinski definition) is 4. The van der Waals surface area contributed by atoms with Gasteiger partial charge >= 0.3 is 0 Å². The quantitative estimate of drug-likeness (QED) is 0.707. The molecule has 1 aliphatic rings. The van der Waals surface area contributed by atoms with Crippen molar-refractivity contribution in [3.05, 3.63) is 29.5 Å². The number of aromatic nitrogens is 2. The van der Waals surface area contributed by atoms with Crippen LogP contribution >= 0.6 is 0 Å². The number of benzene rings is 1. The summed E-state index contributed by atoms with van der Waals surface area (Å²) in [6, 6.07) is 5.44. The van der Waals surface area contributed by atoms with Crippen molar-refractivity contribution in [2.45, 2.75) is 60.1 Å². The van der Waals surface area contributed by atoms with Gasteiger partial charge in [0, 0.05) is 23.9 Å². The van der Waals surface area contributed by atoms with Gasteiger partial charge in [-0.1, -0.05) is 39.8 Å². The van der Waals surface area contributed by atoms with Gasteiger partial charge in [0.15, 0.2) is 5.78 Å². The van der Waals surface area contributed by atoms with E-state index in [9.17, 15) is 14.7 Å². The molecule has 3 rings (SSSR count). The van der Waals surface area contributed by atoms with Crippen LogP contribution in [0.4, 0.5) is 0 Å². The Labute approximate surface area is 166 Å². The second-order valence-electron chi connectivity index (χ2n) is 8.88. The molecule has 6 nitrogen and oxygen atoms in total. The number of fused-ring (bicyclic) bond motifs is 1. The van der Waals surface area contributed by atoms with Gasteiger partial charge < -0.3 is 10.0 Å². The van der Waals surface area contributed by atoms with E-state index in [0.29, 0.717) is 11.6 Å². The zero-order valence-electron chi connectivity index (χ0n) is 17.4. The average molecular weight is 386 g/mol. The molecule has 0 aliphatic heterocycles. The Morgan fingerprint density at radius 3 is 2.57 bits per heavy atom. The van der Waals surface area contributed by atoms with Crippen molar-refractivity contribution >= 4 is 22.6 Å². The van der Waals surface area contributed by atoms with Gasteiger partial charge in [0.25, 0.3) is 0 Å². The minimum atomic E-state index is -0.564. The van der Waals surface area contributed by atoms with E-state index < -0.39 is 5.41 Å². The van der Waals surface area contributed by atoms with Crippen molar-refractivity contribution in [2.24, 2.45) is 11.3 Å². The van der Waals surface area contributed by atoms with Gasteiger partial charge in [-0.15, -0.1) is 0 Å². The number of carbonyl (C=O) groups is 2. The van der Waals surface area contributed by atoms with Crippen LogP contribution in [0.25, 0.3) is 10.9 Å². The van der Waals surface area contributed by atoms with Gasteiger partial charge in [-0.25, -0.2) is 0 Å². The fourth-order valence-electron chi connectivity index (χ4n) is 3.39. The summed E-state index contributed by atoms with van der Waals surface area (Å²) in [5.41, 5.74) is 1.28. The topological polar surface area (TPSA) is 75.4 Å². The Morgan fingerprint density at radius 2 is 2.00 bits per heavy atom. The Morgan fingerprint density at radius 1 is 1.29 bits per heavy atom. The van der Waals surface area contributed by atoms with Gasteiger partial charge in [0.2, 0.25) is 5.91 Å². The van der Waals surface area contributed by atoms with E-state index in [-0.39, 0.29) is 24.8 Å². The third kappa shape index (κ3) is 4.43. The van der Waals surface area contributed by atoms with Crippen LogP contribution in [-0.4, -0.2) is 44.6 Å². The number of aliphatic hydroxyl groups is 1. The van der Waals surface area contributed by atoms with Crippen LogP contribution in [0.2, 0.25) is 0 Å². The van der Waals surface area contributed by atoms with Crippen molar-refractivity contribution < 1.29 is 14.7 Å². The molecule has 28 heavy (non-hydrogen) atoms. The zero-order chi connectivity index (χ0) is 20.5. The number of aliphatic hydroxyl groups excluding tert-OH is 1. The van der Waals surface area contributed by atoms with Crippen LogP contribution in [0, 0.1) is 11.3 Å². The molecule has 1 amide bonds. The van der Waals surface area contributed by atoms with Gasteiger partial charge in [-0.05, 0) is 36.8 Å². The Bertz CT molecular complexity index is 875. The highest BCUT2D eigenvalue weighted by Gasteiger charge is 2.30. The minimum Gasteiger partial charge on any atom is -0.392 e. The number of nitrogens with zero attached hydrogens (tertiary/aromatic N) is 3. The lowest BCUT2D eigenvalue weighted by atomic mass is 9.88. The second-order valence-corrected chi connectivity index (χ2v) is 8.88. The number of rotatable bonds is 8. The predicted octanol–water partition coefficient (Wildman–Crippen LogP) is 3.41. The summed E-state index contributed by atoms with van der Waals surface area (Å²) in [4.78, 5) is 27.8. The molecule has 152 valence electrons. The van der Waals surface area contributed by atoms with Crippen molar-refractivity contribution in [1.29, 1.82) is 0 Å². The Hall–Kier alpha value is -2.21. The number of Topliss-reactive ketones (excluding diaryl/α,β-unsaturated/α-hetero) is 1. The van der Waals surface area contributed by atoms with Crippen molar-refractivity contribution in [1.82, 2.24) is 14.7 Å². The molecule has 0 saturated heterocycles. The third-order valence-corrected chi connectivity index (χ3v) is 5.20. The molecule has 1 aromatic carbocycles. The van der Waals surface area contributed by atoms with Crippen molar-refractivity contribution in [3.8, 4) is 0 Å². The van der Waals surface area contributed by atoms with E-state index in [1.165, 1.54) is 12.8 Å². The lowest BCUT2D eigenvalue weighted by Crippen LogP contribution is -2.36. The minimum absolute atomic E-state index is 0.0299. The highest BCUT2D eigenvalue weighted by molar-refractivity contribution is 6.08. The van der Waals surface area contributed by atoms with Crippen LogP contribution in [0.1, 0.15) is 63.0 Å². The largest absolute Gasteiger partial charge is 0.392 e. The molecule has 1 fully saturated rings. The highest BCUT2D eigenvalue weighted by atomic mass is 16.3. The number of carbonyl (C=O) groups excluding carboxylic acids is 2. The fraction of sp³-hybridized carbons (Fsp3) is 0.591. The van der Waals surface area contributed by atoms with E-state index in [0.717, 1.165) is 36.0 Å². The van der Waals surface area contributed by atoms with E-state index in [2.05, 4.69) is 12.0 Å². The van der Waals surface area contributed by atoms with E-state index in [1.54, 1.807) is 10.7 Å². The molecule has 0 unspecified atom stereocenters. The normalized spacial score (nSPS) is 14.5. The summed E-state index contributed by atoms with van der Waals surface area (Å²) in [5, 5.41) is 14.8. The van der Waals surface area contributed by atoms with Crippen LogP contribution in [-0.2, 0) is 17.9 Å². The molecule has 0 spiro atoms. The smallest absolute Gasteiger partial charge is 0.244 e. The lowest BCUT2D eigenvalue weighted by Gasteiger charge is -2.22. The highest BCUT2D eigenvalue weighted by Crippen LogP contribution is 2.30. The molecule has 1 saturated carbocycles. The standard InChI is InChI=1S/C22H31N3O3/c1-5-10-24(12-15-6-7-15)19(27)13-25-18-11-16(14-26)8-9-17(18)20(23-25)21(28)22(2,3)4/h8-9,11,15,26H,5-7,10,12-14H2,1-4H3. The summed E-state index contributed by atoms with van der Waals surface area (Å²) in [5.74, 6) is 0.607. The monoisotopic (exact) mass is 385 g/mol. The lowest BCUT2D eigenvalue weighted by molar-refractivity contribution is -0.132. The molecule has 1 N–H and O–H groups in total. The molecule has 0 radical (unpaired) electrons. The maximum Gasteiger partial charge on any atom is 0.244 e. The van der Waals surface area contributed by atoms with Crippen LogP contribution < -0.4 is 0 Å². The molecular formula is C22H31N3O3. The first kappa shape index (κ1) is 20.5. The fourth-order valence-corrected chi connectivity index (χ4v) is 3.39. The maximum absolute atomic E-state index is 13.0. The van der Waals surface area contributed by atoms with Crippen molar-refractivity contribution in [2.75, 3.05) is 13.1 Å². The Kier molecular flexibility index (Phi) is 5.89. The molecular weight excluding hydrogens is 354 g/mol. The number of amides is 1. The average Bonchev–Trinajstić information content (AvgIpc) is 3.40. The second kappa shape index (κ2) is 8.03. The zero-order valence-corrected chi connectivity index (χ0v) is 17.4. The molecule has 0 bridgehead atoms. The molecule has 2 aromatic rings. The van der Waals surface area contributed by atoms with Gasteiger partial charge in [-0.2, -0.15) is 5.10 Å². The van der Waals surface area contributed by atoms with E-state index >= 15 is 0 Å². The Balaban J connectivity index is 1.96. The van der Waals surface area contributed by atoms with E-state index in [1.807, 2.05) is 37.8 Å². The number of ketones is 1. The molecule has 1 aliphatic carbocycles. The summed E-state index contributed by atoms with van der Waals surface area (Å²) in [6.45, 7) is 9.23. The van der Waals surface area contributed by atoms with E-state index in [4.69, 9.17) is 0 Å². The van der Waals surface area contributed by atoms with Crippen LogP contribution in [0.5, 0.6) is 0 Å². The maximum atomic E-state index is 13.0. The van der Waals surface area contributed by atoms with Gasteiger partial charge in [0.05, 0.1) is 12.1 Å². The van der Waals surface area contributed by atoms with Crippen LogP contribution in [0.3, 0.4) is 0 Å². The molecule has 0 atom stereocenters. The predicted molar refractivity (Wildman–Crippen MR) is 109 cm³/mol. The SMILES string of the molecule is CCCN(CC1CC1)C(=O)Cn1nc(C(=O)C(C)(C)C)c2ccc(CO)cc21. The molecule has 1 heterocycles. The van der Waals surface area contributed by atoms with Crippen molar-refractivity contribution in [3.63, 3.8) is 0 Å². The van der Waals surface area contributed by atoms with Gasteiger partial charge in [-0.3, -0.25) is 14.3 Å². The first-order valence-electron chi connectivity index (χ1n) is 10.2. The van der Waals surface area contributed by atoms with Crippen LogP contribution in [0.15, 0.2) is 18.2 Å². The number of hydrogen-bond donors (Lipinski definition) is 1. The third-order valence-electron chi connectivity index (χ3n) is 5.20.